The minimum atomic E-state index is 1.20. The molecule has 18 heavy (non-hydrogen) atoms. The molecule has 0 amide bonds. The summed E-state index contributed by atoms with van der Waals surface area (Å²) in [5, 5.41) is 0. The predicted octanol–water partition coefficient (Wildman–Crippen LogP) is 4.41. The van der Waals surface area contributed by atoms with E-state index in [-0.39, 0.29) is 0 Å². The monoisotopic (exact) mass is 244 g/mol. The van der Waals surface area contributed by atoms with E-state index < -0.39 is 0 Å². The SMILES string of the molecule is CC(C)=CN(C)c1ccc(N(C)C=C(C)C)cc1. The molecule has 0 saturated carbocycles. The molecule has 0 aliphatic carbocycles. The molecular formula is C16H24N2. The van der Waals surface area contributed by atoms with Gasteiger partial charge in [-0.05, 0) is 52.0 Å². The molecule has 1 aromatic rings. The Labute approximate surface area is 111 Å². The number of allylic oxidation sites excluding steroid dienone is 2. The van der Waals surface area contributed by atoms with Crippen molar-refractivity contribution in [2.24, 2.45) is 0 Å². The topological polar surface area (TPSA) is 6.48 Å². The van der Waals surface area contributed by atoms with Crippen molar-refractivity contribution in [1.29, 1.82) is 0 Å². The van der Waals surface area contributed by atoms with Crippen molar-refractivity contribution in [3.8, 4) is 0 Å². The molecule has 0 atom stereocenters. The van der Waals surface area contributed by atoms with E-state index in [4.69, 9.17) is 0 Å². The highest BCUT2D eigenvalue weighted by Crippen LogP contribution is 2.20. The summed E-state index contributed by atoms with van der Waals surface area (Å²) in [5.74, 6) is 0. The van der Waals surface area contributed by atoms with Crippen LogP contribution in [0.4, 0.5) is 11.4 Å². The lowest BCUT2D eigenvalue weighted by Gasteiger charge is -2.19. The molecule has 0 unspecified atom stereocenters. The molecule has 0 aromatic heterocycles. The van der Waals surface area contributed by atoms with E-state index in [9.17, 15) is 0 Å². The number of hydrogen-bond donors (Lipinski definition) is 0. The average Bonchev–Trinajstić information content (AvgIpc) is 2.27. The number of hydrogen-bond acceptors (Lipinski definition) is 2. The van der Waals surface area contributed by atoms with Crippen molar-refractivity contribution in [2.75, 3.05) is 23.9 Å². The van der Waals surface area contributed by atoms with Crippen LogP contribution in [0.2, 0.25) is 0 Å². The number of benzene rings is 1. The van der Waals surface area contributed by atoms with Crippen LogP contribution in [0.15, 0.2) is 47.8 Å². The summed E-state index contributed by atoms with van der Waals surface area (Å²) in [5.41, 5.74) is 4.99. The lowest BCUT2D eigenvalue weighted by Crippen LogP contribution is -2.10. The third-order valence-electron chi connectivity index (χ3n) is 2.57. The van der Waals surface area contributed by atoms with Crippen molar-refractivity contribution < 1.29 is 0 Å². The van der Waals surface area contributed by atoms with Gasteiger partial charge in [0.15, 0.2) is 0 Å². The van der Waals surface area contributed by atoms with Gasteiger partial charge < -0.3 is 9.80 Å². The van der Waals surface area contributed by atoms with Crippen molar-refractivity contribution in [3.63, 3.8) is 0 Å². The second-order valence-corrected chi connectivity index (χ2v) is 5.15. The fourth-order valence-corrected chi connectivity index (χ4v) is 1.85. The van der Waals surface area contributed by atoms with Crippen LogP contribution in [-0.4, -0.2) is 14.1 Å². The van der Waals surface area contributed by atoms with E-state index in [1.54, 1.807) is 0 Å². The van der Waals surface area contributed by atoms with Gasteiger partial charge in [-0.1, -0.05) is 11.1 Å². The van der Waals surface area contributed by atoms with Crippen LogP contribution < -0.4 is 9.80 Å². The summed E-state index contributed by atoms with van der Waals surface area (Å²) in [6, 6.07) is 8.57. The molecule has 0 bridgehead atoms. The minimum Gasteiger partial charge on any atom is -0.351 e. The average molecular weight is 244 g/mol. The van der Waals surface area contributed by atoms with Crippen LogP contribution >= 0.6 is 0 Å². The molecule has 0 radical (unpaired) electrons. The third kappa shape index (κ3) is 4.28. The number of rotatable bonds is 4. The maximum atomic E-state index is 2.14. The van der Waals surface area contributed by atoms with E-state index in [2.05, 4.69) is 88.3 Å². The normalized spacial score (nSPS) is 9.67. The lowest BCUT2D eigenvalue weighted by atomic mass is 10.2. The molecule has 0 N–H and O–H groups in total. The first kappa shape index (κ1) is 14.4. The van der Waals surface area contributed by atoms with Gasteiger partial charge in [-0.25, -0.2) is 0 Å². The molecule has 1 aromatic carbocycles. The molecule has 0 spiro atoms. The van der Waals surface area contributed by atoms with E-state index in [0.29, 0.717) is 0 Å². The Kier molecular flexibility index (Phi) is 5.02. The van der Waals surface area contributed by atoms with Gasteiger partial charge in [0.2, 0.25) is 0 Å². The van der Waals surface area contributed by atoms with Crippen molar-refractivity contribution in [3.05, 3.63) is 47.8 Å². The van der Waals surface area contributed by atoms with Crippen LogP contribution in [0.5, 0.6) is 0 Å². The molecule has 0 heterocycles. The predicted molar refractivity (Wildman–Crippen MR) is 82.1 cm³/mol. The summed E-state index contributed by atoms with van der Waals surface area (Å²) >= 11 is 0. The molecule has 1 rings (SSSR count). The summed E-state index contributed by atoms with van der Waals surface area (Å²) < 4.78 is 0. The van der Waals surface area contributed by atoms with Crippen molar-refractivity contribution in [2.45, 2.75) is 27.7 Å². The largest absolute Gasteiger partial charge is 0.351 e. The Bertz CT molecular complexity index is 390. The summed E-state index contributed by atoms with van der Waals surface area (Å²) in [6.07, 6.45) is 4.27. The highest BCUT2D eigenvalue weighted by atomic mass is 15.1. The first-order chi connectivity index (χ1) is 8.40. The lowest BCUT2D eigenvalue weighted by molar-refractivity contribution is 1.14. The van der Waals surface area contributed by atoms with Crippen LogP contribution in [0.1, 0.15) is 27.7 Å². The van der Waals surface area contributed by atoms with Gasteiger partial charge in [-0.3, -0.25) is 0 Å². The summed E-state index contributed by atoms with van der Waals surface area (Å²) in [4.78, 5) is 4.28. The van der Waals surface area contributed by atoms with Crippen molar-refractivity contribution >= 4 is 11.4 Å². The Hall–Kier alpha value is -1.70. The van der Waals surface area contributed by atoms with Gasteiger partial charge in [0.05, 0.1) is 0 Å². The van der Waals surface area contributed by atoms with Gasteiger partial charge in [0.25, 0.3) is 0 Å². The molecule has 98 valence electrons. The third-order valence-corrected chi connectivity index (χ3v) is 2.57. The maximum Gasteiger partial charge on any atom is 0.0404 e. The fraction of sp³-hybridized carbons (Fsp3) is 0.375. The smallest absolute Gasteiger partial charge is 0.0404 e. The van der Waals surface area contributed by atoms with Gasteiger partial charge >= 0.3 is 0 Å². The number of anilines is 2. The maximum absolute atomic E-state index is 2.14. The molecule has 0 saturated heterocycles. The van der Waals surface area contributed by atoms with E-state index in [1.165, 1.54) is 22.5 Å². The standard InChI is InChI=1S/C16H24N2/c1-13(2)11-17(5)15-7-9-16(10-8-15)18(6)12-14(3)4/h7-12H,1-6H3. The molecule has 0 fully saturated rings. The Morgan fingerprint density at radius 2 is 1.00 bits per heavy atom. The van der Waals surface area contributed by atoms with Gasteiger partial charge in [-0.15, -0.1) is 0 Å². The van der Waals surface area contributed by atoms with E-state index in [1.807, 2.05) is 0 Å². The van der Waals surface area contributed by atoms with Crippen LogP contribution in [0.25, 0.3) is 0 Å². The first-order valence-electron chi connectivity index (χ1n) is 6.26. The van der Waals surface area contributed by atoms with Gasteiger partial charge in [-0.2, -0.15) is 0 Å². The highest BCUT2D eigenvalue weighted by Gasteiger charge is 2.00. The second kappa shape index (κ2) is 6.29. The van der Waals surface area contributed by atoms with E-state index >= 15 is 0 Å². The zero-order chi connectivity index (χ0) is 13.7. The Morgan fingerprint density at radius 3 is 1.22 bits per heavy atom. The zero-order valence-corrected chi connectivity index (χ0v) is 12.4. The summed E-state index contributed by atoms with van der Waals surface area (Å²) in [6.45, 7) is 8.42. The van der Waals surface area contributed by atoms with Crippen LogP contribution in [0, 0.1) is 0 Å². The van der Waals surface area contributed by atoms with Gasteiger partial charge in [0, 0.05) is 37.9 Å². The van der Waals surface area contributed by atoms with Crippen molar-refractivity contribution in [1.82, 2.24) is 0 Å². The highest BCUT2D eigenvalue weighted by molar-refractivity contribution is 5.58. The summed E-state index contributed by atoms with van der Waals surface area (Å²) in [7, 11) is 4.14. The Morgan fingerprint density at radius 1 is 0.722 bits per heavy atom. The second-order valence-electron chi connectivity index (χ2n) is 5.15. The first-order valence-corrected chi connectivity index (χ1v) is 6.26. The molecular weight excluding hydrogens is 220 g/mol. The fourth-order valence-electron chi connectivity index (χ4n) is 1.85. The van der Waals surface area contributed by atoms with Gasteiger partial charge in [0.1, 0.15) is 0 Å². The van der Waals surface area contributed by atoms with Crippen LogP contribution in [-0.2, 0) is 0 Å². The van der Waals surface area contributed by atoms with E-state index in [0.717, 1.165) is 0 Å². The molecule has 0 aliphatic heterocycles. The zero-order valence-electron chi connectivity index (χ0n) is 12.4. The quantitative estimate of drug-likeness (QED) is 0.774. The Balaban J connectivity index is 2.86. The van der Waals surface area contributed by atoms with Crippen LogP contribution in [0.3, 0.4) is 0 Å². The molecule has 0 aliphatic rings. The molecule has 2 heteroatoms. The minimum absolute atomic E-state index is 1.20. The molecule has 2 nitrogen and oxygen atoms in total. The number of nitrogens with zero attached hydrogens (tertiary/aromatic N) is 2.